The molecule has 0 spiro atoms. The number of nitrogens with zero attached hydrogens (tertiary/aromatic N) is 2. The molecule has 412 valence electrons. The number of benzene rings is 4. The number of hydrogen-bond acceptors (Lipinski definition) is 15. The van der Waals surface area contributed by atoms with Crippen molar-refractivity contribution in [2.45, 2.75) is 46.9 Å². The second-order valence-corrected chi connectivity index (χ2v) is 23.1. The van der Waals surface area contributed by atoms with E-state index in [0.29, 0.717) is 44.4 Å². The number of hydrogen-bond donors (Lipinski definition) is 4. The van der Waals surface area contributed by atoms with Crippen LogP contribution in [0.1, 0.15) is 34.5 Å². The molecule has 4 atom stereocenters. The summed E-state index contributed by atoms with van der Waals surface area (Å²) in [6, 6.07) is 19.6. The van der Waals surface area contributed by atoms with Gasteiger partial charge in [-0.2, -0.15) is 0 Å². The van der Waals surface area contributed by atoms with Crippen molar-refractivity contribution in [2.24, 2.45) is 0 Å². The lowest BCUT2D eigenvalue weighted by atomic mass is 10.1. The van der Waals surface area contributed by atoms with Crippen LogP contribution in [-0.2, 0) is 66.2 Å². The molecule has 0 radical (unpaired) electrons. The first-order valence-electron chi connectivity index (χ1n) is 24.1. The van der Waals surface area contributed by atoms with Crippen LogP contribution >= 0.6 is 46.4 Å². The van der Waals surface area contributed by atoms with Crippen molar-refractivity contribution in [3.63, 3.8) is 0 Å². The molecular weight excluding hydrogens is 1100 g/mol. The van der Waals surface area contributed by atoms with Gasteiger partial charge < -0.3 is 53.6 Å². The molecule has 0 unspecified atom stereocenters. The van der Waals surface area contributed by atoms with Crippen LogP contribution in [0.25, 0.3) is 0 Å². The third-order valence-corrected chi connectivity index (χ3v) is 16.1. The highest BCUT2D eigenvalue weighted by atomic mass is 35.5. The Morgan fingerprint density at radius 2 is 0.853 bits per heavy atom. The van der Waals surface area contributed by atoms with Crippen molar-refractivity contribution in [2.75, 3.05) is 120 Å². The fraction of sp³-hybridized carbons (Fsp3) is 0.480. The molecule has 0 saturated carbocycles. The number of carbonyl (C=O) groups is 2. The monoisotopic (exact) mass is 1160 g/mol. The number of halogens is 4. The van der Waals surface area contributed by atoms with Crippen LogP contribution < -0.4 is 29.6 Å². The largest absolute Gasteiger partial charge is 0.484 e. The van der Waals surface area contributed by atoms with Crippen LogP contribution in [0.2, 0.25) is 20.1 Å². The zero-order valence-corrected chi connectivity index (χ0v) is 46.7. The molecular formula is C50H64Cl4N6O13S2. The van der Waals surface area contributed by atoms with Crippen molar-refractivity contribution in [3.8, 4) is 11.5 Å². The maximum Gasteiger partial charge on any atom is 0.246 e. The summed E-state index contributed by atoms with van der Waals surface area (Å²) in [5, 5.41) is 7.46. The van der Waals surface area contributed by atoms with Gasteiger partial charge in [0, 0.05) is 57.4 Å². The van der Waals surface area contributed by atoms with Crippen molar-refractivity contribution < 1.29 is 59.6 Å². The van der Waals surface area contributed by atoms with Crippen LogP contribution in [0.3, 0.4) is 0 Å². The van der Waals surface area contributed by atoms with E-state index in [1.165, 1.54) is 24.3 Å². The van der Waals surface area contributed by atoms with Crippen LogP contribution in [-0.4, -0.2) is 171 Å². The quantitative estimate of drug-likeness (QED) is 0.0468. The Bertz CT molecular complexity index is 2560. The molecule has 0 bridgehead atoms. The summed E-state index contributed by atoms with van der Waals surface area (Å²) in [6.45, 7) is 1.32. The molecule has 19 nitrogen and oxygen atoms in total. The summed E-state index contributed by atoms with van der Waals surface area (Å²) in [6.07, 6.45) is 0.698. The normalized spacial score (nSPS) is 17.3. The van der Waals surface area contributed by atoms with E-state index in [0.717, 1.165) is 22.3 Å². The highest BCUT2D eigenvalue weighted by Crippen LogP contribution is 2.43. The molecule has 25 heteroatoms. The molecule has 0 aliphatic heterocycles. The third kappa shape index (κ3) is 18.1. The molecule has 0 aromatic heterocycles. The lowest BCUT2D eigenvalue weighted by molar-refractivity contribution is -0.131. The second kappa shape index (κ2) is 29.2. The van der Waals surface area contributed by atoms with E-state index in [4.69, 9.17) is 79.6 Å². The zero-order valence-electron chi connectivity index (χ0n) is 42.1. The first kappa shape index (κ1) is 60.4. The highest BCUT2D eigenvalue weighted by molar-refractivity contribution is 7.89. The predicted molar refractivity (Wildman–Crippen MR) is 285 cm³/mol. The number of likely N-dealkylation sites (N-methyl/N-ethyl adjacent to an activating group) is 2. The van der Waals surface area contributed by atoms with Gasteiger partial charge in [-0.15, -0.1) is 0 Å². The first-order chi connectivity index (χ1) is 35.8. The number of carbonyl (C=O) groups excluding carboxylic acids is 2. The van der Waals surface area contributed by atoms with Gasteiger partial charge in [-0.3, -0.25) is 9.59 Å². The Morgan fingerprint density at radius 1 is 0.507 bits per heavy atom. The number of nitrogens with one attached hydrogen (secondary N) is 4. The Balaban J connectivity index is 0.717. The Kier molecular flexibility index (Phi) is 23.5. The third-order valence-electron chi connectivity index (χ3n) is 12.1. The molecule has 2 aliphatic rings. The van der Waals surface area contributed by atoms with Crippen LogP contribution in [0.5, 0.6) is 11.5 Å². The molecule has 6 rings (SSSR count). The first-order valence-corrected chi connectivity index (χ1v) is 28.5. The average molecular weight is 1160 g/mol. The van der Waals surface area contributed by atoms with Crippen molar-refractivity contribution in [1.29, 1.82) is 0 Å². The van der Waals surface area contributed by atoms with Gasteiger partial charge in [0.2, 0.25) is 31.9 Å². The molecule has 75 heavy (non-hydrogen) atoms. The summed E-state index contributed by atoms with van der Waals surface area (Å²) >= 11 is 25.5. The van der Waals surface area contributed by atoms with E-state index in [1.54, 1.807) is 36.4 Å². The lowest BCUT2D eigenvalue weighted by Crippen LogP contribution is -2.34. The van der Waals surface area contributed by atoms with Crippen molar-refractivity contribution in [1.82, 2.24) is 29.9 Å². The minimum absolute atomic E-state index is 0.0117. The van der Waals surface area contributed by atoms with Gasteiger partial charge in [0.25, 0.3) is 0 Å². The van der Waals surface area contributed by atoms with E-state index >= 15 is 0 Å². The maximum atomic E-state index is 12.9. The molecule has 0 fully saturated rings. The molecule has 2 amide bonds. The standard InChI is InChI=1S/C50H64Cl4N6O13S2/c1-59(2)45-29-39-41(25-33(51)27-43(39)53)49(45)72-35-5-9-37(10-6-35)74(63,64)57-15-19-69-23-21-67-17-13-55-47(61)31-71-32-48(62)56-14-18-68-22-24-70-20-16-58-75(65,66)38-11-7-36(8-12-38)73-50-42-26-34(52)28-44(54)40(42)30-46(50)60(3)4/h5-12,25-28,45-46,49-50,57-58H,13-24,29-32H2,1-4H3,(H,55,61)(H,56,62)/t45-,46-,49+,50+/m1/s1. The van der Waals surface area contributed by atoms with Gasteiger partial charge >= 0.3 is 0 Å². The van der Waals surface area contributed by atoms with E-state index in [9.17, 15) is 26.4 Å². The van der Waals surface area contributed by atoms with E-state index in [-0.39, 0.29) is 126 Å². The number of amides is 2. The van der Waals surface area contributed by atoms with Crippen molar-refractivity contribution >= 4 is 78.3 Å². The van der Waals surface area contributed by atoms with E-state index in [1.807, 2.05) is 40.3 Å². The minimum atomic E-state index is -3.80. The van der Waals surface area contributed by atoms with Gasteiger partial charge in [0.15, 0.2) is 0 Å². The SMILES string of the molecule is CN(C)[C@@H]1Cc2c(Cl)cc(Cl)cc2[C@@H]1Oc1ccc(S(=O)(=O)NCCOCCOCCNC(=O)COCC(=O)NCCOCCOCCNS(=O)(=O)c2ccc(O[C@H]3c4cc(Cl)cc(Cl)c4C[C@H]3N(C)C)cc2)cc1. The van der Waals surface area contributed by atoms with Gasteiger partial charge in [0.05, 0.1) is 74.7 Å². The lowest BCUT2D eigenvalue weighted by Gasteiger charge is -2.27. The summed E-state index contributed by atoms with van der Waals surface area (Å²) in [5.41, 5.74) is 3.78. The summed E-state index contributed by atoms with van der Waals surface area (Å²) in [4.78, 5) is 28.4. The molecule has 0 saturated heterocycles. The fourth-order valence-electron chi connectivity index (χ4n) is 8.28. The van der Waals surface area contributed by atoms with Gasteiger partial charge in [0.1, 0.15) is 36.9 Å². The average Bonchev–Trinajstić information content (AvgIpc) is 3.92. The van der Waals surface area contributed by atoms with E-state index in [2.05, 4.69) is 29.9 Å². The molecule has 0 heterocycles. The minimum Gasteiger partial charge on any atom is -0.484 e. The molecule has 4 aromatic rings. The molecule has 4 N–H and O–H groups in total. The summed E-state index contributed by atoms with van der Waals surface area (Å²) < 4.78 is 96.3. The number of sulfonamides is 2. The number of ether oxygens (including phenoxy) is 7. The van der Waals surface area contributed by atoms with E-state index < -0.39 is 31.9 Å². The molecule has 2 aliphatic carbocycles. The Hall–Kier alpha value is -3.88. The maximum absolute atomic E-state index is 12.9. The second-order valence-electron chi connectivity index (χ2n) is 17.8. The molecule has 4 aromatic carbocycles. The van der Waals surface area contributed by atoms with Crippen LogP contribution in [0.15, 0.2) is 82.6 Å². The summed E-state index contributed by atoms with van der Waals surface area (Å²) in [7, 11) is 0.254. The van der Waals surface area contributed by atoms with Gasteiger partial charge in [-0.25, -0.2) is 26.3 Å². The topological polar surface area (TPSA) is 222 Å². The fourth-order valence-corrected chi connectivity index (χ4v) is 11.5. The van der Waals surface area contributed by atoms with Crippen molar-refractivity contribution in [3.05, 3.63) is 115 Å². The summed E-state index contributed by atoms with van der Waals surface area (Å²) in [5.74, 6) is 0.156. The number of fused-ring (bicyclic) bond motifs is 2. The Labute approximate surface area is 459 Å². The van der Waals surface area contributed by atoms with Gasteiger partial charge in [-0.1, -0.05) is 46.4 Å². The highest BCUT2D eigenvalue weighted by Gasteiger charge is 2.39. The van der Waals surface area contributed by atoms with Gasteiger partial charge in [-0.05, 0) is 125 Å². The predicted octanol–water partition coefficient (Wildman–Crippen LogP) is 5.09. The smallest absolute Gasteiger partial charge is 0.246 e. The number of rotatable bonds is 32. The van der Waals surface area contributed by atoms with Crippen LogP contribution in [0.4, 0.5) is 0 Å². The van der Waals surface area contributed by atoms with Crippen LogP contribution in [0, 0.1) is 0 Å². The Morgan fingerprint density at radius 3 is 1.20 bits per heavy atom. The zero-order chi connectivity index (χ0) is 54.1.